The van der Waals surface area contributed by atoms with Gasteiger partial charge in [-0.05, 0) is 37.5 Å². The molecule has 0 saturated carbocycles. The third kappa shape index (κ3) is 4.81. The van der Waals surface area contributed by atoms with Crippen LogP contribution in [0.3, 0.4) is 0 Å². The molecule has 1 aromatic rings. The standard InChI is InChI=1S/C18H26N2O4S/c1-12(2)18(22)20-9-7-14(8-10-20)17(21)19-16-11-15(25(4,23)24)6-5-13(16)3/h5-6,11-12,14H,7-10H2,1-4H3,(H,19,21). The van der Waals surface area contributed by atoms with E-state index in [1.54, 1.807) is 6.07 Å². The molecule has 2 rings (SSSR count). The molecule has 1 saturated heterocycles. The van der Waals surface area contributed by atoms with Gasteiger partial charge in [-0.25, -0.2) is 8.42 Å². The van der Waals surface area contributed by atoms with Gasteiger partial charge in [-0.2, -0.15) is 0 Å². The van der Waals surface area contributed by atoms with Crippen molar-refractivity contribution in [3.63, 3.8) is 0 Å². The van der Waals surface area contributed by atoms with Crippen molar-refractivity contribution in [2.45, 2.75) is 38.5 Å². The van der Waals surface area contributed by atoms with Crippen LogP contribution in [0.1, 0.15) is 32.3 Å². The fourth-order valence-corrected chi connectivity index (χ4v) is 3.58. The Kier molecular flexibility index (Phi) is 5.87. The van der Waals surface area contributed by atoms with Crippen molar-refractivity contribution in [2.24, 2.45) is 11.8 Å². The summed E-state index contributed by atoms with van der Waals surface area (Å²) < 4.78 is 23.4. The maximum Gasteiger partial charge on any atom is 0.227 e. The van der Waals surface area contributed by atoms with Crippen molar-refractivity contribution in [3.05, 3.63) is 23.8 Å². The van der Waals surface area contributed by atoms with E-state index in [9.17, 15) is 18.0 Å². The number of carbonyl (C=O) groups is 2. The number of carbonyl (C=O) groups excluding carboxylic acids is 2. The summed E-state index contributed by atoms with van der Waals surface area (Å²) in [6, 6.07) is 4.73. The Morgan fingerprint density at radius 2 is 1.80 bits per heavy atom. The Hall–Kier alpha value is -1.89. The molecule has 0 aliphatic carbocycles. The Morgan fingerprint density at radius 1 is 1.20 bits per heavy atom. The number of aryl methyl sites for hydroxylation is 1. The monoisotopic (exact) mass is 366 g/mol. The van der Waals surface area contributed by atoms with Gasteiger partial charge in [-0.1, -0.05) is 19.9 Å². The molecule has 0 bridgehead atoms. The molecule has 0 atom stereocenters. The zero-order valence-corrected chi connectivity index (χ0v) is 16.0. The Balaban J connectivity index is 2.03. The zero-order chi connectivity index (χ0) is 18.8. The second kappa shape index (κ2) is 7.56. The summed E-state index contributed by atoms with van der Waals surface area (Å²) in [6.45, 7) is 6.73. The second-order valence-corrected chi connectivity index (χ2v) is 9.01. The van der Waals surface area contributed by atoms with Crippen LogP contribution in [0.15, 0.2) is 23.1 Å². The van der Waals surface area contributed by atoms with Crippen LogP contribution in [0, 0.1) is 18.8 Å². The minimum atomic E-state index is -3.32. The predicted molar refractivity (Wildman–Crippen MR) is 97.1 cm³/mol. The molecular weight excluding hydrogens is 340 g/mol. The number of amides is 2. The number of rotatable bonds is 4. The summed E-state index contributed by atoms with van der Waals surface area (Å²) in [5, 5.41) is 2.85. The van der Waals surface area contributed by atoms with E-state index in [2.05, 4.69) is 5.32 Å². The highest BCUT2D eigenvalue weighted by molar-refractivity contribution is 7.90. The van der Waals surface area contributed by atoms with E-state index in [1.807, 2.05) is 25.7 Å². The van der Waals surface area contributed by atoms with Gasteiger partial charge in [0.05, 0.1) is 4.90 Å². The van der Waals surface area contributed by atoms with E-state index in [0.717, 1.165) is 11.8 Å². The van der Waals surface area contributed by atoms with Crippen LogP contribution in [-0.4, -0.2) is 44.5 Å². The highest BCUT2D eigenvalue weighted by Crippen LogP contribution is 2.24. The quantitative estimate of drug-likeness (QED) is 0.886. The molecule has 1 aliphatic heterocycles. The molecule has 0 spiro atoms. The third-order valence-corrected chi connectivity index (χ3v) is 5.68. The lowest BCUT2D eigenvalue weighted by Gasteiger charge is -2.32. The Bertz CT molecular complexity index is 763. The third-order valence-electron chi connectivity index (χ3n) is 4.57. The number of benzene rings is 1. The molecule has 2 amide bonds. The molecule has 0 aromatic heterocycles. The van der Waals surface area contributed by atoms with E-state index < -0.39 is 9.84 Å². The first-order valence-corrected chi connectivity index (χ1v) is 10.4. The van der Waals surface area contributed by atoms with Gasteiger partial charge in [0.15, 0.2) is 9.84 Å². The molecule has 1 N–H and O–H groups in total. The first-order valence-electron chi connectivity index (χ1n) is 8.50. The van der Waals surface area contributed by atoms with Gasteiger partial charge in [-0.3, -0.25) is 9.59 Å². The number of nitrogens with one attached hydrogen (secondary N) is 1. The van der Waals surface area contributed by atoms with E-state index in [4.69, 9.17) is 0 Å². The molecule has 0 unspecified atom stereocenters. The molecule has 1 fully saturated rings. The van der Waals surface area contributed by atoms with E-state index in [-0.39, 0.29) is 28.5 Å². The smallest absolute Gasteiger partial charge is 0.227 e. The van der Waals surface area contributed by atoms with E-state index >= 15 is 0 Å². The molecule has 138 valence electrons. The molecule has 25 heavy (non-hydrogen) atoms. The minimum absolute atomic E-state index is 0.0354. The number of hydrogen-bond acceptors (Lipinski definition) is 4. The van der Waals surface area contributed by atoms with Gasteiger partial charge in [0, 0.05) is 36.9 Å². The lowest BCUT2D eigenvalue weighted by atomic mass is 9.95. The van der Waals surface area contributed by atoms with Crippen molar-refractivity contribution in [1.82, 2.24) is 4.90 Å². The van der Waals surface area contributed by atoms with Gasteiger partial charge in [0.1, 0.15) is 0 Å². The van der Waals surface area contributed by atoms with Crippen molar-refractivity contribution in [1.29, 1.82) is 0 Å². The highest BCUT2D eigenvalue weighted by Gasteiger charge is 2.28. The normalized spacial score (nSPS) is 16.1. The fourth-order valence-electron chi connectivity index (χ4n) is 2.93. The molecule has 1 aromatic carbocycles. The Morgan fingerprint density at radius 3 is 2.32 bits per heavy atom. The molecular formula is C18H26N2O4S. The predicted octanol–water partition coefficient (Wildman–Crippen LogP) is 2.23. The molecule has 7 heteroatoms. The molecule has 1 heterocycles. The van der Waals surface area contributed by atoms with Gasteiger partial charge in [0.2, 0.25) is 11.8 Å². The minimum Gasteiger partial charge on any atom is -0.342 e. The number of nitrogens with zero attached hydrogens (tertiary/aromatic N) is 1. The summed E-state index contributed by atoms with van der Waals surface area (Å²) in [7, 11) is -3.32. The summed E-state index contributed by atoms with van der Waals surface area (Å²) in [6.07, 6.45) is 2.38. The number of sulfone groups is 1. The largest absolute Gasteiger partial charge is 0.342 e. The number of hydrogen-bond donors (Lipinski definition) is 1. The van der Waals surface area contributed by atoms with Crippen molar-refractivity contribution in [2.75, 3.05) is 24.7 Å². The molecule has 0 radical (unpaired) electrons. The summed E-state index contributed by atoms with van der Waals surface area (Å²) >= 11 is 0. The molecule has 1 aliphatic rings. The zero-order valence-electron chi connectivity index (χ0n) is 15.2. The van der Waals surface area contributed by atoms with Crippen LogP contribution in [0.4, 0.5) is 5.69 Å². The van der Waals surface area contributed by atoms with E-state index in [1.165, 1.54) is 12.1 Å². The highest BCUT2D eigenvalue weighted by atomic mass is 32.2. The van der Waals surface area contributed by atoms with Crippen LogP contribution in [-0.2, 0) is 19.4 Å². The van der Waals surface area contributed by atoms with Crippen molar-refractivity contribution < 1.29 is 18.0 Å². The fraction of sp³-hybridized carbons (Fsp3) is 0.556. The summed E-state index contributed by atoms with van der Waals surface area (Å²) in [4.78, 5) is 26.5. The van der Waals surface area contributed by atoms with Gasteiger partial charge < -0.3 is 10.2 Å². The lowest BCUT2D eigenvalue weighted by molar-refractivity contribution is -0.137. The molecule has 6 nitrogen and oxygen atoms in total. The SMILES string of the molecule is Cc1ccc(S(C)(=O)=O)cc1NC(=O)C1CCN(C(=O)C(C)C)CC1. The van der Waals surface area contributed by atoms with Gasteiger partial charge >= 0.3 is 0 Å². The Labute approximate surface area is 149 Å². The number of likely N-dealkylation sites (tertiary alicyclic amines) is 1. The van der Waals surface area contributed by atoms with E-state index in [0.29, 0.717) is 31.6 Å². The van der Waals surface area contributed by atoms with Crippen LogP contribution >= 0.6 is 0 Å². The number of piperidine rings is 1. The maximum absolute atomic E-state index is 12.5. The van der Waals surface area contributed by atoms with Gasteiger partial charge in [-0.15, -0.1) is 0 Å². The number of anilines is 1. The lowest BCUT2D eigenvalue weighted by Crippen LogP contribution is -2.43. The average Bonchev–Trinajstić information content (AvgIpc) is 2.55. The first-order chi connectivity index (χ1) is 11.6. The van der Waals surface area contributed by atoms with Crippen LogP contribution in [0.2, 0.25) is 0 Å². The summed E-state index contributed by atoms with van der Waals surface area (Å²) in [5.74, 6) is -0.204. The average molecular weight is 366 g/mol. The van der Waals surface area contributed by atoms with Crippen molar-refractivity contribution >= 4 is 27.3 Å². The van der Waals surface area contributed by atoms with Gasteiger partial charge in [0.25, 0.3) is 0 Å². The topological polar surface area (TPSA) is 83.6 Å². The van der Waals surface area contributed by atoms with Crippen LogP contribution in [0.25, 0.3) is 0 Å². The van der Waals surface area contributed by atoms with Crippen LogP contribution in [0.5, 0.6) is 0 Å². The maximum atomic E-state index is 12.5. The second-order valence-electron chi connectivity index (χ2n) is 6.99. The first kappa shape index (κ1) is 19.4. The van der Waals surface area contributed by atoms with Crippen molar-refractivity contribution in [3.8, 4) is 0 Å². The summed E-state index contributed by atoms with van der Waals surface area (Å²) in [5.41, 5.74) is 1.33. The van der Waals surface area contributed by atoms with Crippen LogP contribution < -0.4 is 5.32 Å².